The van der Waals surface area contributed by atoms with Crippen molar-refractivity contribution in [3.8, 4) is 16.9 Å². The lowest BCUT2D eigenvalue weighted by Crippen LogP contribution is -2.35. The van der Waals surface area contributed by atoms with Gasteiger partial charge in [0.25, 0.3) is 0 Å². The Hall–Kier alpha value is -4.40. The molecule has 0 radical (unpaired) electrons. The van der Waals surface area contributed by atoms with Crippen molar-refractivity contribution in [1.29, 1.82) is 0 Å². The first-order valence-corrected chi connectivity index (χ1v) is 16.5. The molecular weight excluding hydrogens is 745 g/mol. The summed E-state index contributed by atoms with van der Waals surface area (Å²) < 4.78 is 141. The Kier molecular flexibility index (Phi) is 10.6. The van der Waals surface area contributed by atoms with Crippen LogP contribution in [0.4, 0.5) is 44.3 Å². The SMILES string of the molecule is COC(=O)c1ccc(-c2cc(C3=C(CN4C(=O)O[C@H](c5cc(C(F)(F)F)cc(C(F)(F)F)c5)C4C)CC(C)(C)CC3)c(OC)cc2C(F)(F)F)c(Cl)c1. The highest BCUT2D eigenvalue weighted by atomic mass is 35.5. The van der Waals surface area contributed by atoms with Gasteiger partial charge in [-0.25, -0.2) is 9.59 Å². The van der Waals surface area contributed by atoms with E-state index in [0.717, 1.165) is 13.2 Å². The molecule has 1 unspecified atom stereocenters. The van der Waals surface area contributed by atoms with E-state index in [2.05, 4.69) is 4.74 Å². The van der Waals surface area contributed by atoms with E-state index in [1.807, 2.05) is 13.8 Å². The van der Waals surface area contributed by atoms with Gasteiger partial charge in [0.2, 0.25) is 0 Å². The van der Waals surface area contributed by atoms with Crippen molar-refractivity contribution in [3.05, 3.63) is 92.5 Å². The fraction of sp³-hybridized carbons (Fsp3) is 0.405. The minimum absolute atomic E-state index is 0.00716. The molecule has 1 heterocycles. The Balaban J connectivity index is 1.63. The topological polar surface area (TPSA) is 65.1 Å². The Bertz CT molecular complexity index is 1940. The van der Waals surface area contributed by atoms with Gasteiger partial charge in [0.15, 0.2) is 0 Å². The van der Waals surface area contributed by atoms with Gasteiger partial charge < -0.3 is 14.2 Å². The summed E-state index contributed by atoms with van der Waals surface area (Å²) in [4.78, 5) is 26.5. The first-order valence-electron chi connectivity index (χ1n) is 16.1. The standard InChI is InChI=1S/C37H33ClF9NO5/c1-18-31(20-10-22(35(39,40)41)13-23(11-20)36(42,43)44)53-33(50)48(18)17-21-16-34(2,3)9-8-24(21)27-14-26(28(37(45,46)47)15-30(27)51-4)25-7-6-19(12-29(25)38)32(49)52-5/h6-7,10-15,18,31H,8-9,16-17H2,1-5H3/t18?,31-/m0/s1. The number of hydrogen-bond acceptors (Lipinski definition) is 5. The van der Waals surface area contributed by atoms with Crippen LogP contribution in [0.25, 0.3) is 16.7 Å². The van der Waals surface area contributed by atoms with E-state index in [4.69, 9.17) is 21.1 Å². The number of rotatable bonds is 7. The van der Waals surface area contributed by atoms with E-state index in [-0.39, 0.29) is 51.1 Å². The number of carbonyl (C=O) groups is 2. The van der Waals surface area contributed by atoms with Crippen molar-refractivity contribution in [2.24, 2.45) is 5.41 Å². The molecule has 3 aromatic rings. The van der Waals surface area contributed by atoms with Gasteiger partial charge in [-0.15, -0.1) is 0 Å². The molecule has 0 spiro atoms. The number of amides is 1. The normalized spacial score (nSPS) is 19.4. The lowest BCUT2D eigenvalue weighted by atomic mass is 9.72. The zero-order valence-corrected chi connectivity index (χ0v) is 29.6. The Morgan fingerprint density at radius 1 is 0.887 bits per heavy atom. The molecular formula is C37H33ClF9NO5. The van der Waals surface area contributed by atoms with Gasteiger partial charge in [-0.3, -0.25) is 4.90 Å². The number of ether oxygens (including phenoxy) is 3. The van der Waals surface area contributed by atoms with E-state index < -0.39 is 65.0 Å². The maximum atomic E-state index is 14.5. The fourth-order valence-electron chi connectivity index (χ4n) is 6.82. The summed E-state index contributed by atoms with van der Waals surface area (Å²) in [6.07, 6.45) is -16.4. The number of benzene rings is 3. The summed E-state index contributed by atoms with van der Waals surface area (Å²) in [6, 6.07) is 5.76. The predicted octanol–water partition coefficient (Wildman–Crippen LogP) is 11.4. The molecule has 286 valence electrons. The molecule has 2 atom stereocenters. The van der Waals surface area contributed by atoms with Crippen LogP contribution in [-0.4, -0.2) is 43.8 Å². The highest BCUT2D eigenvalue weighted by molar-refractivity contribution is 6.33. The van der Waals surface area contributed by atoms with Crippen molar-refractivity contribution in [2.45, 2.75) is 70.7 Å². The van der Waals surface area contributed by atoms with E-state index in [9.17, 15) is 49.1 Å². The summed E-state index contributed by atoms with van der Waals surface area (Å²) in [5.74, 6) is -0.899. The molecule has 1 fully saturated rings. The van der Waals surface area contributed by atoms with E-state index >= 15 is 0 Å². The van der Waals surface area contributed by atoms with Crippen LogP contribution in [0.5, 0.6) is 5.75 Å². The van der Waals surface area contributed by atoms with Gasteiger partial charge in [-0.2, -0.15) is 39.5 Å². The predicted molar refractivity (Wildman–Crippen MR) is 176 cm³/mol. The molecule has 0 aromatic heterocycles. The number of cyclic esters (lactones) is 1. The minimum Gasteiger partial charge on any atom is -0.496 e. The van der Waals surface area contributed by atoms with Crippen molar-refractivity contribution in [2.75, 3.05) is 20.8 Å². The molecule has 53 heavy (non-hydrogen) atoms. The largest absolute Gasteiger partial charge is 0.496 e. The summed E-state index contributed by atoms with van der Waals surface area (Å²) in [5, 5.41) is -0.170. The van der Waals surface area contributed by atoms with Crippen LogP contribution in [0.15, 0.2) is 54.1 Å². The second-order valence-corrected chi connectivity index (χ2v) is 14.1. The van der Waals surface area contributed by atoms with E-state index in [1.165, 1.54) is 43.2 Å². The first-order chi connectivity index (χ1) is 24.4. The Labute approximate surface area is 303 Å². The highest BCUT2D eigenvalue weighted by Gasteiger charge is 2.45. The Morgan fingerprint density at radius 3 is 2.04 bits per heavy atom. The molecule has 1 aliphatic carbocycles. The van der Waals surface area contributed by atoms with Gasteiger partial charge in [0.05, 0.1) is 42.5 Å². The summed E-state index contributed by atoms with van der Waals surface area (Å²) in [6.45, 7) is 5.11. The molecule has 0 N–H and O–H groups in total. The molecule has 3 aromatic carbocycles. The van der Waals surface area contributed by atoms with Gasteiger partial charge in [-0.05, 0) is 96.3 Å². The maximum absolute atomic E-state index is 14.5. The summed E-state index contributed by atoms with van der Waals surface area (Å²) in [5.41, 5.74) is -4.10. The second kappa shape index (κ2) is 14.1. The van der Waals surface area contributed by atoms with Crippen LogP contribution in [-0.2, 0) is 28.0 Å². The number of nitrogens with zero attached hydrogens (tertiary/aromatic N) is 1. The van der Waals surface area contributed by atoms with Crippen LogP contribution >= 0.6 is 11.6 Å². The van der Waals surface area contributed by atoms with Crippen molar-refractivity contribution in [3.63, 3.8) is 0 Å². The summed E-state index contributed by atoms with van der Waals surface area (Å²) in [7, 11) is 2.33. The number of halogens is 10. The van der Waals surface area contributed by atoms with Crippen molar-refractivity contribution >= 4 is 29.2 Å². The smallest absolute Gasteiger partial charge is 0.417 e. The maximum Gasteiger partial charge on any atom is 0.417 e. The molecule has 2 aliphatic rings. The lowest BCUT2D eigenvalue weighted by Gasteiger charge is -2.36. The Morgan fingerprint density at radius 2 is 1.51 bits per heavy atom. The zero-order valence-electron chi connectivity index (χ0n) is 28.9. The van der Waals surface area contributed by atoms with Crippen LogP contribution < -0.4 is 4.74 Å². The number of alkyl halides is 9. The molecule has 1 amide bonds. The third-order valence-electron chi connectivity index (χ3n) is 9.51. The molecule has 5 rings (SSSR count). The quantitative estimate of drug-likeness (QED) is 0.177. The molecule has 1 aliphatic heterocycles. The van der Waals surface area contributed by atoms with Crippen LogP contribution in [0.2, 0.25) is 5.02 Å². The minimum atomic E-state index is -5.12. The zero-order chi connectivity index (χ0) is 39.4. The van der Waals surface area contributed by atoms with Crippen molar-refractivity contribution in [1.82, 2.24) is 4.90 Å². The number of methoxy groups -OCH3 is 2. The highest BCUT2D eigenvalue weighted by Crippen LogP contribution is 2.50. The number of allylic oxidation sites excluding steroid dienone is 1. The van der Waals surface area contributed by atoms with Gasteiger partial charge in [0.1, 0.15) is 11.9 Å². The monoisotopic (exact) mass is 777 g/mol. The average molecular weight is 778 g/mol. The second-order valence-electron chi connectivity index (χ2n) is 13.7. The van der Waals surface area contributed by atoms with Gasteiger partial charge >= 0.3 is 30.6 Å². The van der Waals surface area contributed by atoms with Gasteiger partial charge in [-0.1, -0.05) is 31.5 Å². The van der Waals surface area contributed by atoms with Crippen molar-refractivity contribution < 1.29 is 63.3 Å². The fourth-order valence-corrected chi connectivity index (χ4v) is 7.10. The molecule has 1 saturated heterocycles. The first kappa shape index (κ1) is 39.8. The lowest BCUT2D eigenvalue weighted by molar-refractivity contribution is -0.143. The molecule has 16 heteroatoms. The molecule has 0 bridgehead atoms. The third kappa shape index (κ3) is 8.24. The number of carbonyl (C=O) groups excluding carboxylic acids is 2. The van der Waals surface area contributed by atoms with E-state index in [1.54, 1.807) is 0 Å². The van der Waals surface area contributed by atoms with Gasteiger partial charge in [0, 0.05) is 22.7 Å². The van der Waals surface area contributed by atoms with Crippen LogP contribution in [0, 0.1) is 5.41 Å². The van der Waals surface area contributed by atoms with Crippen LogP contribution in [0.3, 0.4) is 0 Å². The number of hydrogen-bond donors (Lipinski definition) is 0. The van der Waals surface area contributed by atoms with Crippen LogP contribution in [0.1, 0.15) is 84.3 Å². The van der Waals surface area contributed by atoms with E-state index in [0.29, 0.717) is 42.5 Å². The molecule has 0 saturated carbocycles. The number of esters is 1. The summed E-state index contributed by atoms with van der Waals surface area (Å²) >= 11 is 6.44. The average Bonchev–Trinajstić information content (AvgIpc) is 3.34. The third-order valence-corrected chi connectivity index (χ3v) is 9.83. The molecule has 6 nitrogen and oxygen atoms in total.